The number of hydrogen-bond acceptors (Lipinski definition) is 5. The Bertz CT molecular complexity index is 667. The zero-order chi connectivity index (χ0) is 20.0. The van der Waals surface area contributed by atoms with Gasteiger partial charge in [-0.15, -0.1) is 0 Å². The summed E-state index contributed by atoms with van der Waals surface area (Å²) in [4.78, 5) is 11.4. The van der Waals surface area contributed by atoms with Crippen LogP contribution < -0.4 is 15.5 Å². The summed E-state index contributed by atoms with van der Waals surface area (Å²) in [5.41, 5.74) is 1.09. The summed E-state index contributed by atoms with van der Waals surface area (Å²) in [6.45, 7) is 11.6. The van der Waals surface area contributed by atoms with Crippen molar-refractivity contribution in [1.82, 2.24) is 15.6 Å². The number of ether oxygens (including phenoxy) is 1. The van der Waals surface area contributed by atoms with Crippen molar-refractivity contribution in [3.8, 4) is 0 Å². The highest BCUT2D eigenvalue weighted by Gasteiger charge is 2.03. The number of nitrogens with one attached hydrogen (secondary N) is 2. The van der Waals surface area contributed by atoms with Crippen LogP contribution in [0.25, 0.3) is 0 Å². The first-order valence-corrected chi connectivity index (χ1v) is 10.1. The van der Waals surface area contributed by atoms with Crippen molar-refractivity contribution < 1.29 is 9.15 Å². The number of aromatic nitrogens is 1. The van der Waals surface area contributed by atoms with Gasteiger partial charge in [0.25, 0.3) is 0 Å². The van der Waals surface area contributed by atoms with E-state index >= 15 is 0 Å². The van der Waals surface area contributed by atoms with Gasteiger partial charge in [-0.25, -0.2) is 9.98 Å². The van der Waals surface area contributed by atoms with Gasteiger partial charge in [-0.2, -0.15) is 0 Å². The minimum atomic E-state index is 0.512. The van der Waals surface area contributed by atoms with Crippen molar-refractivity contribution in [2.75, 3.05) is 37.7 Å². The first-order chi connectivity index (χ1) is 13.8. The number of rotatable bonds is 12. The van der Waals surface area contributed by atoms with E-state index in [1.807, 2.05) is 18.3 Å². The fourth-order valence-corrected chi connectivity index (χ4v) is 2.71. The Balaban J connectivity index is 1.73. The maximum atomic E-state index is 5.59. The molecule has 28 heavy (non-hydrogen) atoms. The zero-order valence-corrected chi connectivity index (χ0v) is 17.3. The van der Waals surface area contributed by atoms with Crippen LogP contribution in [0, 0.1) is 0 Å². The molecule has 154 valence electrons. The summed E-state index contributed by atoms with van der Waals surface area (Å²) in [6, 6.07) is 7.94. The molecule has 2 heterocycles. The number of hydrogen-bond donors (Lipinski definition) is 2. The molecular formula is C21H33N5O2. The molecule has 0 spiro atoms. The SMILES string of the molecule is CCNC(=NCc1ccc(N(CC)CC)nc1)NCCCOCc1ccco1. The van der Waals surface area contributed by atoms with Crippen molar-refractivity contribution >= 4 is 11.8 Å². The third-order valence-corrected chi connectivity index (χ3v) is 4.24. The monoisotopic (exact) mass is 387 g/mol. The molecule has 0 aromatic carbocycles. The van der Waals surface area contributed by atoms with E-state index in [0.717, 1.165) is 55.7 Å². The Kier molecular flexibility index (Phi) is 9.93. The maximum Gasteiger partial charge on any atom is 0.191 e. The van der Waals surface area contributed by atoms with Crippen molar-refractivity contribution in [1.29, 1.82) is 0 Å². The molecule has 0 saturated carbocycles. The van der Waals surface area contributed by atoms with E-state index in [4.69, 9.17) is 9.15 Å². The average molecular weight is 388 g/mol. The number of nitrogens with zero attached hydrogens (tertiary/aromatic N) is 3. The van der Waals surface area contributed by atoms with Crippen molar-refractivity contribution in [2.24, 2.45) is 4.99 Å². The summed E-state index contributed by atoms with van der Waals surface area (Å²) < 4.78 is 10.8. The van der Waals surface area contributed by atoms with Gasteiger partial charge >= 0.3 is 0 Å². The van der Waals surface area contributed by atoms with Gasteiger partial charge < -0.3 is 24.7 Å². The van der Waals surface area contributed by atoms with Crippen molar-refractivity contribution in [3.05, 3.63) is 48.0 Å². The van der Waals surface area contributed by atoms with Crippen LogP contribution in [0.4, 0.5) is 5.82 Å². The maximum absolute atomic E-state index is 5.59. The molecule has 0 aliphatic carbocycles. The molecule has 0 atom stereocenters. The summed E-state index contributed by atoms with van der Waals surface area (Å²) in [6.07, 6.45) is 4.46. The molecule has 2 aromatic rings. The fraction of sp³-hybridized carbons (Fsp3) is 0.524. The molecule has 2 N–H and O–H groups in total. The molecule has 0 aliphatic heterocycles. The number of pyridine rings is 1. The highest BCUT2D eigenvalue weighted by atomic mass is 16.5. The molecule has 0 amide bonds. The molecule has 2 aromatic heterocycles. The van der Waals surface area contributed by atoms with Gasteiger partial charge in [0.2, 0.25) is 0 Å². The Labute approximate surface area is 168 Å². The Morgan fingerprint density at radius 1 is 1.18 bits per heavy atom. The standard InChI is InChI=1S/C21H33N5O2/c1-4-22-21(23-12-8-13-27-17-19-9-7-14-28-19)25-16-18-10-11-20(24-15-18)26(5-2)6-3/h7,9-11,14-15H,4-6,8,12-13,16-17H2,1-3H3,(H2,22,23,25). The summed E-state index contributed by atoms with van der Waals surface area (Å²) >= 11 is 0. The van der Waals surface area contributed by atoms with Crippen LogP contribution in [-0.4, -0.2) is 43.7 Å². The van der Waals surface area contributed by atoms with Gasteiger partial charge in [-0.3, -0.25) is 0 Å². The molecule has 0 aliphatic rings. The van der Waals surface area contributed by atoms with Gasteiger partial charge in [0.05, 0.1) is 12.8 Å². The van der Waals surface area contributed by atoms with E-state index in [1.165, 1.54) is 0 Å². The van der Waals surface area contributed by atoms with E-state index in [1.54, 1.807) is 6.26 Å². The van der Waals surface area contributed by atoms with E-state index in [2.05, 4.69) is 58.4 Å². The highest BCUT2D eigenvalue weighted by molar-refractivity contribution is 5.79. The quantitative estimate of drug-likeness (QED) is 0.331. The predicted octanol–water partition coefficient (Wildman–Crippen LogP) is 3.18. The summed E-state index contributed by atoms with van der Waals surface area (Å²) in [5, 5.41) is 6.61. The predicted molar refractivity (Wildman–Crippen MR) is 114 cm³/mol. The van der Waals surface area contributed by atoms with Crippen molar-refractivity contribution in [2.45, 2.75) is 40.3 Å². The van der Waals surface area contributed by atoms with Crippen molar-refractivity contribution in [3.63, 3.8) is 0 Å². The van der Waals surface area contributed by atoms with Crippen LogP contribution in [0.15, 0.2) is 46.1 Å². The van der Waals surface area contributed by atoms with Gasteiger partial charge in [-0.1, -0.05) is 6.07 Å². The van der Waals surface area contributed by atoms with E-state index in [-0.39, 0.29) is 0 Å². The summed E-state index contributed by atoms with van der Waals surface area (Å²) in [7, 11) is 0. The minimum Gasteiger partial charge on any atom is -0.467 e. The van der Waals surface area contributed by atoms with Crippen LogP contribution in [0.3, 0.4) is 0 Å². The molecular weight excluding hydrogens is 354 g/mol. The third-order valence-electron chi connectivity index (χ3n) is 4.24. The van der Waals surface area contributed by atoms with E-state index < -0.39 is 0 Å². The second kappa shape index (κ2) is 12.8. The fourth-order valence-electron chi connectivity index (χ4n) is 2.71. The molecule has 0 fully saturated rings. The smallest absolute Gasteiger partial charge is 0.191 e. The molecule has 0 saturated heterocycles. The van der Waals surface area contributed by atoms with E-state index in [9.17, 15) is 0 Å². The Hall–Kier alpha value is -2.54. The number of guanidine groups is 1. The highest BCUT2D eigenvalue weighted by Crippen LogP contribution is 2.11. The lowest BCUT2D eigenvalue weighted by molar-refractivity contribution is 0.105. The Morgan fingerprint density at radius 2 is 2.04 bits per heavy atom. The number of anilines is 1. The van der Waals surface area contributed by atoms with Crippen LogP contribution in [-0.2, 0) is 17.9 Å². The van der Waals surface area contributed by atoms with Crippen LogP contribution >= 0.6 is 0 Å². The molecule has 0 radical (unpaired) electrons. The third kappa shape index (κ3) is 7.60. The zero-order valence-electron chi connectivity index (χ0n) is 17.3. The minimum absolute atomic E-state index is 0.512. The van der Waals surface area contributed by atoms with Crippen LogP contribution in [0.5, 0.6) is 0 Å². The van der Waals surface area contributed by atoms with E-state index in [0.29, 0.717) is 19.8 Å². The molecule has 7 nitrogen and oxygen atoms in total. The van der Waals surface area contributed by atoms with Gasteiger partial charge in [-0.05, 0) is 51.0 Å². The molecule has 0 bridgehead atoms. The van der Waals surface area contributed by atoms with Crippen LogP contribution in [0.1, 0.15) is 38.5 Å². The first kappa shape index (κ1) is 21.8. The second-order valence-corrected chi connectivity index (χ2v) is 6.30. The summed E-state index contributed by atoms with van der Waals surface area (Å²) in [5.74, 6) is 2.67. The van der Waals surface area contributed by atoms with Gasteiger partial charge in [0, 0.05) is 39.0 Å². The van der Waals surface area contributed by atoms with Gasteiger partial charge in [0.1, 0.15) is 18.2 Å². The second-order valence-electron chi connectivity index (χ2n) is 6.30. The topological polar surface area (TPSA) is 74.9 Å². The number of furan rings is 1. The first-order valence-electron chi connectivity index (χ1n) is 10.1. The molecule has 7 heteroatoms. The van der Waals surface area contributed by atoms with Gasteiger partial charge in [0.15, 0.2) is 5.96 Å². The average Bonchev–Trinajstić information content (AvgIpc) is 3.24. The van der Waals surface area contributed by atoms with Crippen LogP contribution in [0.2, 0.25) is 0 Å². The molecule has 2 rings (SSSR count). The lowest BCUT2D eigenvalue weighted by Gasteiger charge is -2.19. The lowest BCUT2D eigenvalue weighted by atomic mass is 10.3. The number of aliphatic imine (C=N–C) groups is 1. The Morgan fingerprint density at radius 3 is 2.68 bits per heavy atom. The molecule has 0 unspecified atom stereocenters. The normalized spacial score (nSPS) is 11.5. The lowest BCUT2D eigenvalue weighted by Crippen LogP contribution is -2.38. The largest absolute Gasteiger partial charge is 0.467 e.